The van der Waals surface area contributed by atoms with E-state index >= 15 is 0 Å². The fourth-order valence-corrected chi connectivity index (χ4v) is 4.18. The van der Waals surface area contributed by atoms with Gasteiger partial charge in [-0.05, 0) is 48.7 Å². The van der Waals surface area contributed by atoms with E-state index in [9.17, 15) is 9.90 Å². The maximum Gasteiger partial charge on any atom is 0.320 e. The zero-order valence-corrected chi connectivity index (χ0v) is 16.9. The average Bonchev–Trinajstić information content (AvgIpc) is 3.25. The molecule has 0 amide bonds. The summed E-state index contributed by atoms with van der Waals surface area (Å²) >= 11 is 0. The van der Waals surface area contributed by atoms with E-state index in [0.29, 0.717) is 18.7 Å². The third-order valence-corrected chi connectivity index (χ3v) is 5.50. The number of hydrogen-bond acceptors (Lipinski definition) is 4. The molecule has 0 saturated carbocycles. The van der Waals surface area contributed by atoms with Gasteiger partial charge < -0.3 is 14.6 Å². The van der Waals surface area contributed by atoms with Gasteiger partial charge in [-0.25, -0.2) is 0 Å². The summed E-state index contributed by atoms with van der Waals surface area (Å²) in [6.45, 7) is 0.712. The lowest BCUT2D eigenvalue weighted by atomic mass is 9.95. The molecule has 3 aromatic rings. The number of methoxy groups -OCH3 is 1. The number of nitrogens with zero attached hydrogens (tertiary/aromatic N) is 1. The van der Waals surface area contributed by atoms with E-state index < -0.39 is 12.0 Å². The predicted octanol–water partition coefficient (Wildman–Crippen LogP) is 5.13. The van der Waals surface area contributed by atoms with Gasteiger partial charge in [-0.2, -0.15) is 0 Å². The quantitative estimate of drug-likeness (QED) is 0.593. The van der Waals surface area contributed by atoms with Crippen molar-refractivity contribution in [2.24, 2.45) is 0 Å². The molecule has 5 nitrogen and oxygen atoms in total. The monoisotopic (exact) mass is 403 g/mol. The van der Waals surface area contributed by atoms with Gasteiger partial charge in [0, 0.05) is 12.1 Å². The Morgan fingerprint density at radius 1 is 1.00 bits per heavy atom. The Morgan fingerprint density at radius 2 is 1.73 bits per heavy atom. The molecule has 154 valence electrons. The minimum Gasteiger partial charge on any atom is -0.496 e. The van der Waals surface area contributed by atoms with Crippen LogP contribution in [0.3, 0.4) is 0 Å². The molecule has 1 N–H and O–H groups in total. The van der Waals surface area contributed by atoms with Crippen molar-refractivity contribution in [3.8, 4) is 17.2 Å². The van der Waals surface area contributed by atoms with Gasteiger partial charge in [-0.1, -0.05) is 48.5 Å². The summed E-state index contributed by atoms with van der Waals surface area (Å²) in [6, 6.07) is 24.5. The SMILES string of the molecule is COc1ccccc1C(c1cccc(Oc2ccccc2)c1)N1CCCC1C(=O)O. The first kappa shape index (κ1) is 20.0. The first-order valence-corrected chi connectivity index (χ1v) is 10.1. The maximum absolute atomic E-state index is 11.9. The number of aliphatic carboxylic acids is 1. The zero-order chi connectivity index (χ0) is 20.9. The van der Waals surface area contributed by atoms with Crippen molar-refractivity contribution in [1.29, 1.82) is 0 Å². The molecule has 0 radical (unpaired) electrons. The normalized spacial score (nSPS) is 17.4. The van der Waals surface area contributed by atoms with Crippen LogP contribution in [0, 0.1) is 0 Å². The summed E-state index contributed by atoms with van der Waals surface area (Å²) < 4.78 is 11.7. The second-order valence-corrected chi connectivity index (χ2v) is 7.37. The summed E-state index contributed by atoms with van der Waals surface area (Å²) in [5.41, 5.74) is 1.92. The second-order valence-electron chi connectivity index (χ2n) is 7.37. The minimum atomic E-state index is -0.788. The number of carboxylic acids is 1. The largest absolute Gasteiger partial charge is 0.496 e. The van der Waals surface area contributed by atoms with Gasteiger partial charge in [0.15, 0.2) is 0 Å². The van der Waals surface area contributed by atoms with E-state index in [1.165, 1.54) is 0 Å². The summed E-state index contributed by atoms with van der Waals surface area (Å²) in [7, 11) is 1.64. The van der Waals surface area contributed by atoms with Crippen LogP contribution in [0.2, 0.25) is 0 Å². The van der Waals surface area contributed by atoms with Crippen molar-refractivity contribution in [2.75, 3.05) is 13.7 Å². The first-order valence-electron chi connectivity index (χ1n) is 10.1. The summed E-state index contributed by atoms with van der Waals surface area (Å²) in [6.07, 6.45) is 1.49. The Kier molecular flexibility index (Phi) is 6.00. The number of para-hydroxylation sites is 2. The smallest absolute Gasteiger partial charge is 0.320 e. The molecule has 5 heteroatoms. The Balaban J connectivity index is 1.76. The van der Waals surface area contributed by atoms with Crippen LogP contribution in [0.15, 0.2) is 78.9 Å². The molecular formula is C25H25NO4. The number of rotatable bonds is 7. The lowest BCUT2D eigenvalue weighted by Gasteiger charge is -2.33. The molecule has 1 aliphatic rings. The Morgan fingerprint density at radius 3 is 2.50 bits per heavy atom. The molecule has 30 heavy (non-hydrogen) atoms. The molecule has 2 atom stereocenters. The molecule has 4 rings (SSSR count). The molecule has 1 heterocycles. The molecule has 0 aliphatic carbocycles. The molecule has 1 aliphatic heterocycles. The molecular weight excluding hydrogens is 378 g/mol. The highest BCUT2D eigenvalue weighted by Gasteiger charge is 2.37. The molecule has 0 spiro atoms. The van der Waals surface area contributed by atoms with E-state index in [-0.39, 0.29) is 6.04 Å². The molecule has 0 bridgehead atoms. The summed E-state index contributed by atoms with van der Waals surface area (Å²) in [5, 5.41) is 9.80. The standard InChI is InChI=1S/C25H25NO4/c1-29-23-15-6-5-13-21(23)24(26-16-8-14-22(26)25(27)28)18-9-7-12-20(17-18)30-19-10-3-2-4-11-19/h2-7,9-13,15,17,22,24H,8,14,16H2,1H3,(H,27,28). The van der Waals surface area contributed by atoms with E-state index in [0.717, 1.165) is 29.0 Å². The topological polar surface area (TPSA) is 59.0 Å². The zero-order valence-electron chi connectivity index (χ0n) is 16.9. The minimum absolute atomic E-state index is 0.246. The van der Waals surface area contributed by atoms with Crippen molar-refractivity contribution in [3.63, 3.8) is 0 Å². The van der Waals surface area contributed by atoms with Crippen LogP contribution in [-0.2, 0) is 4.79 Å². The van der Waals surface area contributed by atoms with Gasteiger partial charge in [-0.15, -0.1) is 0 Å². The van der Waals surface area contributed by atoms with Gasteiger partial charge in [-0.3, -0.25) is 9.69 Å². The van der Waals surface area contributed by atoms with Gasteiger partial charge >= 0.3 is 5.97 Å². The van der Waals surface area contributed by atoms with Crippen LogP contribution in [0.5, 0.6) is 17.2 Å². The van der Waals surface area contributed by atoms with Gasteiger partial charge in [0.25, 0.3) is 0 Å². The third kappa shape index (κ3) is 4.16. The van der Waals surface area contributed by atoms with Crippen LogP contribution in [-0.4, -0.2) is 35.7 Å². The predicted molar refractivity (Wildman–Crippen MR) is 115 cm³/mol. The number of carbonyl (C=O) groups is 1. The van der Waals surface area contributed by atoms with Gasteiger partial charge in [0.05, 0.1) is 13.2 Å². The number of likely N-dealkylation sites (tertiary alicyclic amines) is 1. The highest BCUT2D eigenvalue weighted by atomic mass is 16.5. The van der Waals surface area contributed by atoms with Gasteiger partial charge in [0.2, 0.25) is 0 Å². The molecule has 3 aromatic carbocycles. The van der Waals surface area contributed by atoms with Gasteiger partial charge in [0.1, 0.15) is 23.3 Å². The van der Waals surface area contributed by atoms with Crippen molar-refractivity contribution in [2.45, 2.75) is 24.9 Å². The van der Waals surface area contributed by atoms with Crippen LogP contribution < -0.4 is 9.47 Å². The molecule has 1 fully saturated rings. The third-order valence-electron chi connectivity index (χ3n) is 5.50. The highest BCUT2D eigenvalue weighted by molar-refractivity contribution is 5.74. The van der Waals surface area contributed by atoms with Crippen molar-refractivity contribution >= 4 is 5.97 Å². The first-order chi connectivity index (χ1) is 14.7. The Bertz CT molecular complexity index is 1000. The fraction of sp³-hybridized carbons (Fsp3) is 0.240. The van der Waals surface area contributed by atoms with E-state index in [4.69, 9.17) is 9.47 Å². The van der Waals surface area contributed by atoms with Crippen LogP contribution in [0.4, 0.5) is 0 Å². The van der Waals surface area contributed by atoms with Crippen LogP contribution in [0.25, 0.3) is 0 Å². The lowest BCUT2D eigenvalue weighted by Crippen LogP contribution is -2.39. The molecule has 1 saturated heterocycles. The molecule has 0 aromatic heterocycles. The number of ether oxygens (including phenoxy) is 2. The van der Waals surface area contributed by atoms with Crippen molar-refractivity contribution < 1.29 is 19.4 Å². The number of hydrogen-bond donors (Lipinski definition) is 1. The second kappa shape index (κ2) is 9.01. The summed E-state index contributed by atoms with van der Waals surface area (Å²) in [4.78, 5) is 14.0. The Labute approximate surface area is 176 Å². The number of benzene rings is 3. The van der Waals surface area contributed by atoms with Crippen LogP contribution in [0.1, 0.15) is 30.0 Å². The molecule has 2 unspecified atom stereocenters. The van der Waals surface area contributed by atoms with Crippen molar-refractivity contribution in [3.05, 3.63) is 90.0 Å². The average molecular weight is 403 g/mol. The Hall–Kier alpha value is -3.31. The summed E-state index contributed by atoms with van der Waals surface area (Å²) in [5.74, 6) is 1.43. The lowest BCUT2D eigenvalue weighted by molar-refractivity contribution is -0.142. The maximum atomic E-state index is 11.9. The van der Waals surface area contributed by atoms with Crippen molar-refractivity contribution in [1.82, 2.24) is 4.90 Å². The van der Waals surface area contributed by atoms with E-state index in [1.54, 1.807) is 7.11 Å². The fourth-order valence-electron chi connectivity index (χ4n) is 4.18. The van der Waals surface area contributed by atoms with E-state index in [2.05, 4.69) is 4.90 Å². The van der Waals surface area contributed by atoms with Crippen LogP contribution >= 0.6 is 0 Å². The number of carboxylic acid groups (broad SMARTS) is 1. The van der Waals surface area contributed by atoms with E-state index in [1.807, 2.05) is 78.9 Å². The highest BCUT2D eigenvalue weighted by Crippen LogP contribution is 2.40.